The van der Waals surface area contributed by atoms with Gasteiger partial charge in [-0.2, -0.15) is 0 Å². The van der Waals surface area contributed by atoms with Crippen LogP contribution in [0, 0.1) is 0 Å². The Morgan fingerprint density at radius 3 is 2.75 bits per heavy atom. The van der Waals surface area contributed by atoms with Gasteiger partial charge in [-0.15, -0.1) is 0 Å². The molecule has 0 atom stereocenters. The fraction of sp³-hybridized carbons (Fsp3) is 0.278. The van der Waals surface area contributed by atoms with Crippen LogP contribution >= 0.6 is 0 Å². The molecule has 2 nitrogen and oxygen atoms in total. The van der Waals surface area contributed by atoms with E-state index < -0.39 is 0 Å². The molecule has 0 bridgehead atoms. The molecule has 0 aliphatic carbocycles. The van der Waals surface area contributed by atoms with E-state index in [9.17, 15) is 4.79 Å². The molecule has 20 heavy (non-hydrogen) atoms. The molecule has 102 valence electrons. The maximum Gasteiger partial charge on any atom is 0.336 e. The SMILES string of the molecule is CCCCCc1cc(=O)oc2ccc3ccccc3c12. The maximum atomic E-state index is 11.7. The summed E-state index contributed by atoms with van der Waals surface area (Å²) in [5, 5.41) is 3.45. The van der Waals surface area contributed by atoms with Crippen molar-refractivity contribution in [3.63, 3.8) is 0 Å². The smallest absolute Gasteiger partial charge is 0.336 e. The predicted octanol–water partition coefficient (Wildman–Crippen LogP) is 4.68. The fourth-order valence-electron chi connectivity index (χ4n) is 2.78. The van der Waals surface area contributed by atoms with E-state index >= 15 is 0 Å². The predicted molar refractivity (Wildman–Crippen MR) is 83.2 cm³/mol. The number of fused-ring (bicyclic) bond motifs is 3. The van der Waals surface area contributed by atoms with Gasteiger partial charge in [0.1, 0.15) is 5.58 Å². The molecule has 0 fully saturated rings. The van der Waals surface area contributed by atoms with E-state index in [1.807, 2.05) is 24.3 Å². The fourth-order valence-corrected chi connectivity index (χ4v) is 2.78. The quantitative estimate of drug-likeness (QED) is 0.390. The lowest BCUT2D eigenvalue weighted by atomic mass is 9.98. The molecule has 0 spiro atoms. The van der Waals surface area contributed by atoms with Gasteiger partial charge in [0, 0.05) is 11.5 Å². The van der Waals surface area contributed by atoms with Crippen molar-refractivity contribution in [1.82, 2.24) is 0 Å². The number of aryl methyl sites for hydroxylation is 1. The normalized spacial score (nSPS) is 11.2. The molecular weight excluding hydrogens is 248 g/mol. The van der Waals surface area contributed by atoms with Crippen LogP contribution in [0.5, 0.6) is 0 Å². The molecule has 0 saturated heterocycles. The summed E-state index contributed by atoms with van der Waals surface area (Å²) in [5.74, 6) is 0. The van der Waals surface area contributed by atoms with E-state index in [0.717, 1.165) is 23.8 Å². The van der Waals surface area contributed by atoms with Crippen LogP contribution in [0.4, 0.5) is 0 Å². The molecule has 1 heterocycles. The van der Waals surface area contributed by atoms with Crippen LogP contribution in [0.25, 0.3) is 21.7 Å². The van der Waals surface area contributed by atoms with Gasteiger partial charge in [0.2, 0.25) is 0 Å². The second-order valence-electron chi connectivity index (χ2n) is 5.21. The second-order valence-corrected chi connectivity index (χ2v) is 5.21. The molecule has 0 aliphatic heterocycles. The van der Waals surface area contributed by atoms with Gasteiger partial charge in [0.15, 0.2) is 0 Å². The Kier molecular flexibility index (Phi) is 3.55. The van der Waals surface area contributed by atoms with Crippen molar-refractivity contribution in [2.45, 2.75) is 32.6 Å². The molecule has 0 saturated carbocycles. The first-order chi connectivity index (χ1) is 9.79. The van der Waals surface area contributed by atoms with Crippen molar-refractivity contribution < 1.29 is 4.42 Å². The van der Waals surface area contributed by atoms with Crippen molar-refractivity contribution in [2.75, 3.05) is 0 Å². The Labute approximate surface area is 118 Å². The Morgan fingerprint density at radius 2 is 1.90 bits per heavy atom. The maximum absolute atomic E-state index is 11.7. The highest BCUT2D eigenvalue weighted by molar-refractivity contribution is 6.07. The van der Waals surface area contributed by atoms with E-state index in [2.05, 4.69) is 19.1 Å². The summed E-state index contributed by atoms with van der Waals surface area (Å²) < 4.78 is 5.36. The molecular formula is C18H18O2. The third kappa shape index (κ3) is 2.34. The summed E-state index contributed by atoms with van der Waals surface area (Å²) in [7, 11) is 0. The van der Waals surface area contributed by atoms with Crippen molar-refractivity contribution in [3.05, 3.63) is 58.4 Å². The first-order valence-corrected chi connectivity index (χ1v) is 7.24. The van der Waals surface area contributed by atoms with Gasteiger partial charge in [-0.05, 0) is 35.2 Å². The minimum Gasteiger partial charge on any atom is -0.423 e. The molecule has 0 N–H and O–H groups in total. The molecule has 2 aromatic carbocycles. The lowest BCUT2D eigenvalue weighted by molar-refractivity contribution is 0.558. The summed E-state index contributed by atoms with van der Waals surface area (Å²) in [4.78, 5) is 11.7. The van der Waals surface area contributed by atoms with Crippen molar-refractivity contribution in [3.8, 4) is 0 Å². The minimum atomic E-state index is -0.251. The van der Waals surface area contributed by atoms with Crippen molar-refractivity contribution in [1.29, 1.82) is 0 Å². The zero-order valence-corrected chi connectivity index (χ0v) is 11.7. The Balaban J connectivity index is 2.25. The van der Waals surface area contributed by atoms with Gasteiger partial charge in [-0.3, -0.25) is 0 Å². The minimum absolute atomic E-state index is 0.251. The Bertz CT molecular complexity index is 799. The summed E-state index contributed by atoms with van der Waals surface area (Å²) >= 11 is 0. The number of hydrogen-bond acceptors (Lipinski definition) is 2. The monoisotopic (exact) mass is 266 g/mol. The highest BCUT2D eigenvalue weighted by Gasteiger charge is 2.09. The number of unbranched alkanes of at least 4 members (excludes halogenated alkanes) is 2. The molecule has 0 amide bonds. The van der Waals surface area contributed by atoms with Crippen LogP contribution < -0.4 is 5.63 Å². The zero-order valence-electron chi connectivity index (χ0n) is 11.7. The van der Waals surface area contributed by atoms with E-state index in [1.165, 1.54) is 23.6 Å². The largest absolute Gasteiger partial charge is 0.423 e. The summed E-state index contributed by atoms with van der Waals surface area (Å²) in [5.41, 5.74) is 1.56. The first kappa shape index (κ1) is 12.9. The zero-order chi connectivity index (χ0) is 13.9. The molecule has 2 heteroatoms. The van der Waals surface area contributed by atoms with Crippen LogP contribution in [0.2, 0.25) is 0 Å². The van der Waals surface area contributed by atoms with Crippen LogP contribution in [0.3, 0.4) is 0 Å². The average Bonchev–Trinajstić information content (AvgIpc) is 2.46. The van der Waals surface area contributed by atoms with Crippen molar-refractivity contribution >= 4 is 21.7 Å². The number of benzene rings is 2. The van der Waals surface area contributed by atoms with E-state index in [-0.39, 0.29) is 5.63 Å². The molecule has 1 aromatic heterocycles. The van der Waals surface area contributed by atoms with Gasteiger partial charge < -0.3 is 4.42 Å². The second kappa shape index (κ2) is 5.49. The third-order valence-corrected chi connectivity index (χ3v) is 3.76. The molecule has 3 rings (SSSR count). The van der Waals surface area contributed by atoms with Crippen LogP contribution in [-0.4, -0.2) is 0 Å². The Morgan fingerprint density at radius 1 is 1.05 bits per heavy atom. The van der Waals surface area contributed by atoms with E-state index in [0.29, 0.717) is 5.58 Å². The van der Waals surface area contributed by atoms with Gasteiger partial charge in [0.25, 0.3) is 0 Å². The van der Waals surface area contributed by atoms with Gasteiger partial charge >= 0.3 is 5.63 Å². The van der Waals surface area contributed by atoms with Gasteiger partial charge in [-0.25, -0.2) is 4.79 Å². The number of hydrogen-bond donors (Lipinski definition) is 0. The molecule has 0 unspecified atom stereocenters. The van der Waals surface area contributed by atoms with E-state index in [4.69, 9.17) is 4.42 Å². The summed E-state index contributed by atoms with van der Waals surface area (Å²) in [6.07, 6.45) is 4.41. The highest BCUT2D eigenvalue weighted by atomic mass is 16.4. The highest BCUT2D eigenvalue weighted by Crippen LogP contribution is 2.28. The lowest BCUT2D eigenvalue weighted by Gasteiger charge is -2.08. The topological polar surface area (TPSA) is 30.2 Å². The van der Waals surface area contributed by atoms with Gasteiger partial charge in [-0.1, -0.05) is 50.1 Å². The standard InChI is InChI=1S/C18H18O2/c1-2-3-4-8-14-12-17(19)20-16-11-10-13-7-5-6-9-15(13)18(14)16/h5-7,9-12H,2-4,8H2,1H3. The van der Waals surface area contributed by atoms with Crippen molar-refractivity contribution in [2.24, 2.45) is 0 Å². The molecule has 0 radical (unpaired) electrons. The lowest BCUT2D eigenvalue weighted by Crippen LogP contribution is -2.01. The van der Waals surface area contributed by atoms with E-state index in [1.54, 1.807) is 6.07 Å². The molecule has 3 aromatic rings. The first-order valence-electron chi connectivity index (χ1n) is 7.24. The average molecular weight is 266 g/mol. The van der Waals surface area contributed by atoms with Crippen LogP contribution in [0.1, 0.15) is 31.7 Å². The van der Waals surface area contributed by atoms with Gasteiger partial charge in [0.05, 0.1) is 0 Å². The summed E-state index contributed by atoms with van der Waals surface area (Å²) in [6.45, 7) is 2.19. The number of rotatable bonds is 4. The van der Waals surface area contributed by atoms with Crippen LogP contribution in [-0.2, 0) is 6.42 Å². The molecule has 0 aliphatic rings. The Hall–Kier alpha value is -2.09. The van der Waals surface area contributed by atoms with Crippen LogP contribution in [0.15, 0.2) is 51.7 Å². The summed E-state index contributed by atoms with van der Waals surface area (Å²) in [6, 6.07) is 13.8. The third-order valence-electron chi connectivity index (χ3n) is 3.76.